The minimum Gasteiger partial charge on any atom is -0.475 e. The largest absolute Gasteiger partial charge is 0.475 e. The fraction of sp³-hybridized carbons (Fsp3) is 0.500. The fourth-order valence-electron chi connectivity index (χ4n) is 2.49. The van der Waals surface area contributed by atoms with E-state index >= 15 is 0 Å². The van der Waals surface area contributed by atoms with Crippen LogP contribution in [0.5, 0.6) is 0 Å². The first-order valence-electron chi connectivity index (χ1n) is 9.57. The van der Waals surface area contributed by atoms with Crippen LogP contribution >= 0.6 is 0 Å². The molecule has 0 saturated carbocycles. The van der Waals surface area contributed by atoms with Gasteiger partial charge in [0.15, 0.2) is 5.76 Å². The zero-order valence-corrected chi connectivity index (χ0v) is 15.5. The lowest BCUT2D eigenvalue weighted by Gasteiger charge is -2.00. The van der Waals surface area contributed by atoms with Gasteiger partial charge in [0.1, 0.15) is 0 Å². The minimum atomic E-state index is -1.01. The van der Waals surface area contributed by atoms with Crippen LogP contribution in [0.1, 0.15) is 71.1 Å². The molecule has 0 aromatic heterocycles. The summed E-state index contributed by atoms with van der Waals surface area (Å²) in [5.74, 6) is -0.540. The Balaban J connectivity index is 1.92. The molecule has 1 aliphatic heterocycles. The molecule has 0 unspecified atom stereocenters. The second-order valence-corrected chi connectivity index (χ2v) is 6.27. The average molecular weight is 344 g/mol. The van der Waals surface area contributed by atoms with Crippen LogP contribution in [0.25, 0.3) is 0 Å². The molecule has 1 aliphatic rings. The number of hydrogen-bond donors (Lipinski definition) is 1. The molecule has 1 rings (SSSR count). The van der Waals surface area contributed by atoms with Crippen LogP contribution in [-0.2, 0) is 9.53 Å². The van der Waals surface area contributed by atoms with Gasteiger partial charge in [-0.1, -0.05) is 101 Å². The van der Waals surface area contributed by atoms with E-state index in [1.165, 1.54) is 57.8 Å². The van der Waals surface area contributed by atoms with E-state index in [1.54, 1.807) is 12.2 Å². The highest BCUT2D eigenvalue weighted by molar-refractivity contribution is 5.89. The Morgan fingerprint density at radius 2 is 1.40 bits per heavy atom. The Morgan fingerprint density at radius 3 is 2.00 bits per heavy atom. The third kappa shape index (κ3) is 12.0. The quantitative estimate of drug-likeness (QED) is 0.274. The molecule has 0 saturated heterocycles. The predicted molar refractivity (Wildman–Crippen MR) is 104 cm³/mol. The number of unbranched alkanes of at least 4 members (excludes halogenated alkanes) is 9. The Hall–Kier alpha value is -2.03. The topological polar surface area (TPSA) is 49.8 Å². The van der Waals surface area contributed by atoms with Crippen LogP contribution in [0.15, 0.2) is 60.1 Å². The highest BCUT2D eigenvalue weighted by Gasteiger charge is 2.29. The summed E-state index contributed by atoms with van der Waals surface area (Å²) in [6, 6.07) is 0. The highest BCUT2D eigenvalue weighted by Crippen LogP contribution is 2.26. The Bertz CT molecular complexity index is 521. The molecule has 0 fully saturated rings. The molecule has 3 heteroatoms. The van der Waals surface area contributed by atoms with Crippen molar-refractivity contribution in [2.24, 2.45) is 0 Å². The maximum atomic E-state index is 10.5. The standard InChI is InChI=1S/C22H32O3/c1-2-3-4-5-6-7-8-9-10-11-12-13-14-15-16-17-18-19-20-21(25-20)22(23)24/h12-19H,2-11H2,1H3,(H,23,24)/b13-12?,15-14?,17-16+,19-18-. The second-order valence-electron chi connectivity index (χ2n) is 6.27. The lowest BCUT2D eigenvalue weighted by atomic mass is 10.1. The van der Waals surface area contributed by atoms with Crippen LogP contribution in [0.4, 0.5) is 0 Å². The van der Waals surface area contributed by atoms with Gasteiger partial charge >= 0.3 is 5.97 Å². The summed E-state index contributed by atoms with van der Waals surface area (Å²) in [4.78, 5) is 10.5. The number of carboxylic acid groups (broad SMARTS) is 1. The van der Waals surface area contributed by atoms with Crippen LogP contribution < -0.4 is 0 Å². The monoisotopic (exact) mass is 344 g/mol. The number of carbonyl (C=O) groups is 1. The molecule has 0 aliphatic carbocycles. The average Bonchev–Trinajstić information content (AvgIpc) is 3.37. The van der Waals surface area contributed by atoms with E-state index < -0.39 is 5.97 Å². The van der Waals surface area contributed by atoms with Gasteiger partial charge in [-0.05, 0) is 18.9 Å². The van der Waals surface area contributed by atoms with Crippen LogP contribution in [0.3, 0.4) is 0 Å². The van der Waals surface area contributed by atoms with Crippen molar-refractivity contribution >= 4 is 5.97 Å². The maximum Gasteiger partial charge on any atom is 0.375 e. The molecule has 1 N–H and O–H groups in total. The molecule has 0 bridgehead atoms. The summed E-state index contributed by atoms with van der Waals surface area (Å²) in [5, 5.41) is 8.61. The molecule has 138 valence electrons. The van der Waals surface area contributed by atoms with Crippen molar-refractivity contribution in [3.05, 3.63) is 60.1 Å². The van der Waals surface area contributed by atoms with Gasteiger partial charge in [-0.15, -0.1) is 0 Å². The second kappa shape index (κ2) is 14.3. The van der Waals surface area contributed by atoms with Crippen LogP contribution in [0, 0.1) is 0 Å². The van der Waals surface area contributed by atoms with Crippen LogP contribution in [-0.4, -0.2) is 11.1 Å². The molecule has 0 amide bonds. The molecule has 3 nitrogen and oxygen atoms in total. The molecule has 0 aromatic rings. The number of carboxylic acids is 1. The van der Waals surface area contributed by atoms with Crippen molar-refractivity contribution in [2.75, 3.05) is 0 Å². The van der Waals surface area contributed by atoms with Gasteiger partial charge in [0.05, 0.1) is 0 Å². The van der Waals surface area contributed by atoms with E-state index in [-0.39, 0.29) is 5.76 Å². The van der Waals surface area contributed by atoms with Crippen molar-refractivity contribution in [3.63, 3.8) is 0 Å². The fourth-order valence-corrected chi connectivity index (χ4v) is 2.49. The van der Waals surface area contributed by atoms with Crippen molar-refractivity contribution in [1.29, 1.82) is 0 Å². The van der Waals surface area contributed by atoms with Gasteiger partial charge in [0.25, 0.3) is 5.76 Å². The van der Waals surface area contributed by atoms with Crippen molar-refractivity contribution in [3.8, 4) is 0 Å². The summed E-state index contributed by atoms with van der Waals surface area (Å²) >= 11 is 0. The number of rotatable bonds is 15. The smallest absolute Gasteiger partial charge is 0.375 e. The number of hydrogen-bond acceptors (Lipinski definition) is 2. The van der Waals surface area contributed by atoms with E-state index in [0.29, 0.717) is 5.76 Å². The molecule has 0 spiro atoms. The number of ether oxygens (including phenoxy) is 1. The normalized spacial score (nSPS) is 14.4. The van der Waals surface area contributed by atoms with Gasteiger partial charge in [-0.3, -0.25) is 0 Å². The van der Waals surface area contributed by atoms with Gasteiger partial charge in [-0.25, -0.2) is 4.79 Å². The first kappa shape index (κ1) is 21.0. The minimum absolute atomic E-state index is 0.0413. The third-order valence-electron chi connectivity index (χ3n) is 4.00. The van der Waals surface area contributed by atoms with Crippen molar-refractivity contribution in [1.82, 2.24) is 0 Å². The van der Waals surface area contributed by atoms with E-state index in [0.717, 1.165) is 6.42 Å². The molecular formula is C22H32O3. The zero-order chi connectivity index (χ0) is 18.2. The Kier molecular flexibility index (Phi) is 12.0. The Morgan fingerprint density at radius 1 is 0.840 bits per heavy atom. The van der Waals surface area contributed by atoms with E-state index in [9.17, 15) is 4.79 Å². The number of aliphatic carboxylic acids is 1. The summed E-state index contributed by atoms with van der Waals surface area (Å²) in [6.45, 7) is 2.26. The van der Waals surface area contributed by atoms with Gasteiger partial charge < -0.3 is 9.84 Å². The first-order valence-corrected chi connectivity index (χ1v) is 9.57. The van der Waals surface area contributed by atoms with E-state index in [1.807, 2.05) is 24.3 Å². The van der Waals surface area contributed by atoms with Gasteiger partial charge in [0, 0.05) is 0 Å². The lowest BCUT2D eigenvalue weighted by Crippen LogP contribution is -1.88. The maximum absolute atomic E-state index is 10.5. The molecule has 0 atom stereocenters. The first-order chi connectivity index (χ1) is 12.3. The highest BCUT2D eigenvalue weighted by atomic mass is 16.6. The molecular weight excluding hydrogens is 312 g/mol. The Labute approximate surface area is 152 Å². The van der Waals surface area contributed by atoms with Crippen LogP contribution in [0.2, 0.25) is 0 Å². The summed E-state index contributed by atoms with van der Waals surface area (Å²) in [7, 11) is 0. The molecule has 0 aromatic carbocycles. The van der Waals surface area contributed by atoms with E-state index in [2.05, 4.69) is 19.1 Å². The third-order valence-corrected chi connectivity index (χ3v) is 4.00. The van der Waals surface area contributed by atoms with Gasteiger partial charge in [0.2, 0.25) is 0 Å². The summed E-state index contributed by atoms with van der Waals surface area (Å²) in [5.41, 5.74) is 0. The predicted octanol–water partition coefficient (Wildman–Crippen LogP) is 6.46. The number of allylic oxidation sites excluding steroid dienone is 8. The zero-order valence-electron chi connectivity index (χ0n) is 15.5. The lowest BCUT2D eigenvalue weighted by molar-refractivity contribution is -0.133. The SMILES string of the molecule is CCCCCCCCCCCC=CC=C/C=C/C=C\C1=C(C(=O)O)O1. The molecule has 0 radical (unpaired) electrons. The van der Waals surface area contributed by atoms with Gasteiger partial charge in [-0.2, -0.15) is 0 Å². The summed E-state index contributed by atoms with van der Waals surface area (Å²) < 4.78 is 4.79. The summed E-state index contributed by atoms with van der Waals surface area (Å²) in [6.07, 6.45) is 28.9. The molecule has 25 heavy (non-hydrogen) atoms. The van der Waals surface area contributed by atoms with Crippen molar-refractivity contribution in [2.45, 2.75) is 71.1 Å². The molecule has 1 heterocycles. The van der Waals surface area contributed by atoms with Crippen molar-refractivity contribution < 1.29 is 14.6 Å². The van der Waals surface area contributed by atoms with E-state index in [4.69, 9.17) is 9.84 Å².